The molecule has 6 rings (SSSR count). The maximum absolute atomic E-state index is 15.1. The first-order chi connectivity index (χ1) is 18.5. The number of aromatic nitrogens is 2. The molecular weight excluding hydrogens is 493 g/mol. The van der Waals surface area contributed by atoms with Crippen LogP contribution in [0.2, 0.25) is 0 Å². The molecule has 0 aliphatic carbocycles. The van der Waals surface area contributed by atoms with E-state index in [0.29, 0.717) is 48.0 Å². The van der Waals surface area contributed by atoms with E-state index in [9.17, 15) is 9.90 Å². The van der Waals surface area contributed by atoms with E-state index < -0.39 is 11.9 Å². The lowest BCUT2D eigenvalue weighted by molar-refractivity contribution is -0.144. The van der Waals surface area contributed by atoms with Gasteiger partial charge >= 0.3 is 5.97 Å². The molecule has 9 nitrogen and oxygen atoms in total. The Morgan fingerprint density at radius 2 is 1.92 bits per heavy atom. The molecule has 3 saturated heterocycles. The summed E-state index contributed by atoms with van der Waals surface area (Å²) in [6.07, 6.45) is 0.621. The zero-order valence-electron chi connectivity index (χ0n) is 21.3. The number of ether oxygens (including phenoxy) is 4. The normalized spacial score (nSPS) is 25.6. The predicted molar refractivity (Wildman–Crippen MR) is 138 cm³/mol. The second-order valence-electron chi connectivity index (χ2n) is 10.2. The van der Waals surface area contributed by atoms with Crippen LogP contribution in [0.1, 0.15) is 26.2 Å². The van der Waals surface area contributed by atoms with Crippen molar-refractivity contribution in [3.05, 3.63) is 42.2 Å². The summed E-state index contributed by atoms with van der Waals surface area (Å²) in [5.74, 6) is 0.256. The largest absolute Gasteiger partial charge is 0.470 e. The second kappa shape index (κ2) is 10.5. The number of carbonyl (C=O) groups is 1. The van der Waals surface area contributed by atoms with Crippen molar-refractivity contribution in [2.75, 3.05) is 37.8 Å². The van der Waals surface area contributed by atoms with Crippen LogP contribution in [-0.2, 0) is 19.0 Å². The van der Waals surface area contributed by atoms with E-state index in [0.717, 1.165) is 31.6 Å². The molecule has 2 aromatic heterocycles. The first-order valence-corrected chi connectivity index (χ1v) is 13.3. The van der Waals surface area contributed by atoms with Gasteiger partial charge in [-0.2, -0.15) is 0 Å². The number of carbonyl (C=O) groups excluding carboxylic acids is 1. The minimum absolute atomic E-state index is 0.119. The monoisotopic (exact) mass is 525 g/mol. The van der Waals surface area contributed by atoms with Crippen molar-refractivity contribution in [1.82, 2.24) is 9.97 Å². The van der Waals surface area contributed by atoms with Gasteiger partial charge in [0.2, 0.25) is 0 Å². The van der Waals surface area contributed by atoms with E-state index in [4.69, 9.17) is 18.9 Å². The number of aliphatic hydroxyl groups excluding tert-OH is 1. The smallest absolute Gasteiger partial charge is 0.306 e. The van der Waals surface area contributed by atoms with Crippen molar-refractivity contribution in [2.24, 2.45) is 5.92 Å². The van der Waals surface area contributed by atoms with Crippen molar-refractivity contribution in [2.45, 2.75) is 50.6 Å². The number of aliphatic hydroxyl groups is 1. The zero-order valence-corrected chi connectivity index (χ0v) is 21.3. The Kier molecular flexibility index (Phi) is 6.94. The number of benzene rings is 1. The lowest BCUT2D eigenvalue weighted by Crippen LogP contribution is -2.34. The van der Waals surface area contributed by atoms with E-state index in [2.05, 4.69) is 14.9 Å². The van der Waals surface area contributed by atoms with Gasteiger partial charge in [-0.1, -0.05) is 12.1 Å². The molecule has 3 fully saturated rings. The molecule has 0 spiro atoms. The van der Waals surface area contributed by atoms with Gasteiger partial charge in [0.25, 0.3) is 0 Å². The summed E-state index contributed by atoms with van der Waals surface area (Å²) in [5, 5.41) is 9.93. The second-order valence-corrected chi connectivity index (χ2v) is 10.2. The summed E-state index contributed by atoms with van der Waals surface area (Å²) in [4.78, 5) is 21.7. The highest BCUT2D eigenvalue weighted by Crippen LogP contribution is 2.33. The Balaban J connectivity index is 1.12. The lowest BCUT2D eigenvalue weighted by atomic mass is 9.93. The van der Waals surface area contributed by atoms with Gasteiger partial charge in [0, 0.05) is 42.9 Å². The molecule has 0 radical (unpaired) electrons. The molecule has 0 saturated carbocycles. The van der Waals surface area contributed by atoms with E-state index >= 15 is 4.39 Å². The van der Waals surface area contributed by atoms with Crippen molar-refractivity contribution >= 4 is 22.7 Å². The SMILES string of the molecule is CCOC(=O)CC1CCN(c2ccc(-c3nc4cc(O[C@@H]5CO[C@H]6[C@@H]5OC[C@H]6O)[nH]c4cc3F)cc2)CC1. The number of anilines is 1. The number of piperidine rings is 1. The topological polar surface area (TPSA) is 106 Å². The number of esters is 1. The third-order valence-corrected chi connectivity index (χ3v) is 7.67. The number of pyridine rings is 1. The van der Waals surface area contributed by atoms with Gasteiger partial charge < -0.3 is 33.9 Å². The van der Waals surface area contributed by atoms with Crippen LogP contribution in [-0.4, -0.2) is 78.4 Å². The Labute approximate surface area is 219 Å². The summed E-state index contributed by atoms with van der Waals surface area (Å²) in [6, 6.07) is 10.9. The predicted octanol–water partition coefficient (Wildman–Crippen LogP) is 3.44. The molecule has 0 unspecified atom stereocenters. The van der Waals surface area contributed by atoms with E-state index in [1.54, 1.807) is 6.07 Å². The summed E-state index contributed by atoms with van der Waals surface area (Å²) < 4.78 is 37.4. The number of rotatable bonds is 7. The summed E-state index contributed by atoms with van der Waals surface area (Å²) in [6.45, 7) is 4.52. The average molecular weight is 526 g/mol. The third-order valence-electron chi connectivity index (χ3n) is 7.67. The fraction of sp³-hybridized carbons (Fsp3) is 0.500. The van der Waals surface area contributed by atoms with Gasteiger partial charge in [-0.25, -0.2) is 9.37 Å². The zero-order chi connectivity index (χ0) is 26.2. The number of fused-ring (bicyclic) bond motifs is 2. The number of H-pyrrole nitrogens is 1. The Bertz CT molecular complexity index is 1290. The van der Waals surface area contributed by atoms with Crippen LogP contribution >= 0.6 is 0 Å². The maximum Gasteiger partial charge on any atom is 0.306 e. The standard InChI is InChI=1S/C28H32FN3O6/c1-2-35-25(34)11-16-7-9-32(10-8-16)18-5-3-17(4-6-18)26-19(29)12-20-21(31-26)13-24(30-20)38-23-15-37-27-22(33)14-36-28(23)27/h3-6,12-13,16,22-23,27-28,30,33H,2,7-11,14-15H2,1H3/t22-,23-,27-,28-/m1/s1. The number of hydrogen-bond donors (Lipinski definition) is 2. The van der Waals surface area contributed by atoms with Crippen LogP contribution in [0, 0.1) is 11.7 Å². The van der Waals surface area contributed by atoms with E-state index in [1.807, 2.05) is 31.2 Å². The van der Waals surface area contributed by atoms with Gasteiger partial charge in [-0.05, 0) is 37.8 Å². The summed E-state index contributed by atoms with van der Waals surface area (Å²) in [5.41, 5.74) is 3.15. The van der Waals surface area contributed by atoms with Gasteiger partial charge in [-0.15, -0.1) is 0 Å². The number of aromatic amines is 1. The third kappa shape index (κ3) is 4.95. The van der Waals surface area contributed by atoms with Crippen LogP contribution in [0.5, 0.6) is 5.88 Å². The molecule has 3 aliphatic heterocycles. The molecule has 4 atom stereocenters. The minimum atomic E-state index is -0.649. The van der Waals surface area contributed by atoms with Gasteiger partial charge in [0.15, 0.2) is 17.8 Å². The highest BCUT2D eigenvalue weighted by molar-refractivity contribution is 5.81. The van der Waals surface area contributed by atoms with E-state index in [1.165, 1.54) is 6.07 Å². The van der Waals surface area contributed by atoms with Crippen molar-refractivity contribution in [3.8, 4) is 17.1 Å². The minimum Gasteiger partial charge on any atom is -0.470 e. The van der Waals surface area contributed by atoms with Gasteiger partial charge in [0.1, 0.15) is 24.0 Å². The number of halogens is 1. The Hall–Kier alpha value is -3.21. The number of nitrogens with one attached hydrogen (secondary N) is 1. The molecule has 0 bridgehead atoms. The summed E-state index contributed by atoms with van der Waals surface area (Å²) >= 11 is 0. The van der Waals surface area contributed by atoms with Crippen molar-refractivity contribution in [3.63, 3.8) is 0 Å². The molecule has 3 aromatic rings. The Morgan fingerprint density at radius 1 is 1.16 bits per heavy atom. The maximum atomic E-state index is 15.1. The highest BCUT2D eigenvalue weighted by Gasteiger charge is 2.48. The average Bonchev–Trinajstić information content (AvgIpc) is 3.61. The van der Waals surface area contributed by atoms with Crippen LogP contribution < -0.4 is 9.64 Å². The molecule has 3 aliphatic rings. The summed E-state index contributed by atoms with van der Waals surface area (Å²) in [7, 11) is 0. The molecule has 0 amide bonds. The molecular formula is C28H32FN3O6. The molecule has 1 aromatic carbocycles. The van der Waals surface area contributed by atoms with Gasteiger partial charge in [0.05, 0.1) is 30.9 Å². The molecule has 2 N–H and O–H groups in total. The van der Waals surface area contributed by atoms with Crippen LogP contribution in [0.25, 0.3) is 22.3 Å². The van der Waals surface area contributed by atoms with Crippen LogP contribution in [0.4, 0.5) is 10.1 Å². The Morgan fingerprint density at radius 3 is 2.68 bits per heavy atom. The fourth-order valence-electron chi connectivity index (χ4n) is 5.66. The fourth-order valence-corrected chi connectivity index (χ4v) is 5.66. The first-order valence-electron chi connectivity index (χ1n) is 13.3. The first kappa shape index (κ1) is 25.1. The number of hydrogen-bond acceptors (Lipinski definition) is 8. The lowest BCUT2D eigenvalue weighted by Gasteiger charge is -2.33. The highest BCUT2D eigenvalue weighted by atomic mass is 19.1. The van der Waals surface area contributed by atoms with Crippen LogP contribution in [0.3, 0.4) is 0 Å². The quantitative estimate of drug-likeness (QED) is 0.452. The van der Waals surface area contributed by atoms with Gasteiger partial charge in [-0.3, -0.25) is 4.79 Å². The number of nitrogens with zero attached hydrogens (tertiary/aromatic N) is 2. The molecule has 5 heterocycles. The molecule has 202 valence electrons. The molecule has 38 heavy (non-hydrogen) atoms. The van der Waals surface area contributed by atoms with E-state index in [-0.39, 0.29) is 36.6 Å². The van der Waals surface area contributed by atoms with Crippen molar-refractivity contribution < 1.29 is 33.2 Å². The van der Waals surface area contributed by atoms with Crippen molar-refractivity contribution in [1.29, 1.82) is 0 Å². The molecule has 10 heteroatoms. The van der Waals surface area contributed by atoms with Crippen LogP contribution in [0.15, 0.2) is 36.4 Å².